The number of anilines is 1. The maximum Gasteiger partial charge on any atom is 0.379 e. The Morgan fingerprint density at radius 1 is 1.47 bits per heavy atom. The van der Waals surface area contributed by atoms with E-state index in [9.17, 15) is 14.9 Å². The topological polar surface area (TPSA) is 112 Å². The van der Waals surface area contributed by atoms with Gasteiger partial charge in [0.05, 0.1) is 4.92 Å². The summed E-state index contributed by atoms with van der Waals surface area (Å²) in [5.74, 6) is -0.317. The minimum Gasteiger partial charge on any atom is -0.418 e. The summed E-state index contributed by atoms with van der Waals surface area (Å²) in [4.78, 5) is 24.5. The van der Waals surface area contributed by atoms with Gasteiger partial charge in [0.15, 0.2) is 5.58 Å². The molecule has 0 saturated heterocycles. The third-order valence-electron chi connectivity index (χ3n) is 1.81. The minimum absolute atomic E-state index is 0.136. The lowest BCUT2D eigenvalue weighted by Gasteiger charge is -1.96. The van der Waals surface area contributed by atoms with Crippen LogP contribution in [0.5, 0.6) is 0 Å². The predicted molar refractivity (Wildman–Crippen MR) is 51.3 cm³/mol. The van der Waals surface area contributed by atoms with Gasteiger partial charge in [-0.05, 0) is 6.07 Å². The van der Waals surface area contributed by atoms with Gasteiger partial charge in [-0.25, -0.2) is 9.78 Å². The van der Waals surface area contributed by atoms with Crippen LogP contribution in [0.2, 0.25) is 0 Å². The number of nitrogen functional groups attached to an aromatic ring is 1. The van der Waals surface area contributed by atoms with Crippen LogP contribution in [0.3, 0.4) is 0 Å². The number of benzene rings is 1. The maximum atomic E-state index is 11.0. The predicted octanol–water partition coefficient (Wildman–Crippen LogP) is 0.678. The Bertz CT molecular complexity index is 604. The Balaban J connectivity index is 2.77. The summed E-state index contributed by atoms with van der Waals surface area (Å²) in [5, 5.41) is 10.5. The number of nitrogens with two attached hydrogens (primary N) is 1. The molecule has 0 radical (unpaired) electrons. The number of nitro benzene ring substituents is 1. The van der Waals surface area contributed by atoms with Gasteiger partial charge in [-0.2, -0.15) is 0 Å². The van der Waals surface area contributed by atoms with Crippen molar-refractivity contribution in [2.24, 2.45) is 0 Å². The van der Waals surface area contributed by atoms with Crippen LogP contribution in [-0.2, 0) is 0 Å². The fourth-order valence-corrected chi connectivity index (χ4v) is 1.12. The average molecular weight is 207 g/mol. The zero-order valence-corrected chi connectivity index (χ0v) is 7.34. The Morgan fingerprint density at radius 2 is 2.20 bits per heavy atom. The first kappa shape index (κ1) is 9.13. The number of hydrogen-bond donors (Lipinski definition) is 1. The van der Waals surface area contributed by atoms with Gasteiger partial charge in [0.25, 0.3) is 5.69 Å². The van der Waals surface area contributed by atoms with E-state index in [0.717, 1.165) is 0 Å². The third kappa shape index (κ3) is 1.50. The van der Waals surface area contributed by atoms with Gasteiger partial charge in [0, 0.05) is 12.1 Å². The number of rotatable bonds is 1. The Labute approximate surface area is 82.3 Å². The number of non-ortho nitro benzene ring substituents is 1. The van der Waals surface area contributed by atoms with Crippen molar-refractivity contribution >= 4 is 22.6 Å². The lowest BCUT2D eigenvalue weighted by Crippen LogP contribution is -2.08. The van der Waals surface area contributed by atoms with Crippen LogP contribution >= 0.6 is 0 Å². The molecule has 0 fully saturated rings. The molecule has 0 unspecified atom stereocenters. The van der Waals surface area contributed by atoms with Crippen molar-refractivity contribution in [1.29, 1.82) is 0 Å². The number of nitro groups is 1. The van der Waals surface area contributed by atoms with E-state index in [4.69, 9.17) is 10.2 Å². The standard InChI is InChI=1S/C8H5N3O4/c9-7-8(12)15-6-2-1-4(11(13)14)3-5(6)10-7/h1-3H,(H2,9,10). The number of aromatic nitrogens is 1. The highest BCUT2D eigenvalue weighted by molar-refractivity contribution is 5.75. The van der Waals surface area contributed by atoms with Gasteiger partial charge in [-0.3, -0.25) is 10.1 Å². The Hall–Kier alpha value is -2.44. The first-order valence-corrected chi connectivity index (χ1v) is 3.93. The van der Waals surface area contributed by atoms with Crippen LogP contribution in [0.15, 0.2) is 27.4 Å². The molecule has 0 atom stereocenters. The fourth-order valence-electron chi connectivity index (χ4n) is 1.12. The number of hydrogen-bond acceptors (Lipinski definition) is 6. The van der Waals surface area contributed by atoms with E-state index in [2.05, 4.69) is 4.98 Å². The summed E-state index contributed by atoms with van der Waals surface area (Å²) >= 11 is 0. The molecule has 1 aromatic carbocycles. The van der Waals surface area contributed by atoms with Gasteiger partial charge >= 0.3 is 5.63 Å². The summed E-state index contributed by atoms with van der Waals surface area (Å²) < 4.78 is 4.76. The van der Waals surface area contributed by atoms with Crippen molar-refractivity contribution in [2.45, 2.75) is 0 Å². The van der Waals surface area contributed by atoms with E-state index in [0.29, 0.717) is 0 Å². The summed E-state index contributed by atoms with van der Waals surface area (Å²) in [6, 6.07) is 3.72. The first-order valence-electron chi connectivity index (χ1n) is 3.93. The highest BCUT2D eigenvalue weighted by Gasteiger charge is 2.09. The first-order chi connectivity index (χ1) is 7.08. The van der Waals surface area contributed by atoms with Gasteiger partial charge in [0.2, 0.25) is 5.82 Å². The van der Waals surface area contributed by atoms with Crippen molar-refractivity contribution in [3.63, 3.8) is 0 Å². The summed E-state index contributed by atoms with van der Waals surface area (Å²) in [7, 11) is 0. The highest BCUT2D eigenvalue weighted by Crippen LogP contribution is 2.18. The SMILES string of the molecule is Nc1nc2cc([N+](=O)[O-])ccc2oc1=O. The lowest BCUT2D eigenvalue weighted by atomic mass is 10.3. The van der Waals surface area contributed by atoms with Crippen LogP contribution in [0, 0.1) is 10.1 Å². The van der Waals surface area contributed by atoms with Crippen molar-refractivity contribution in [3.8, 4) is 0 Å². The van der Waals surface area contributed by atoms with Gasteiger partial charge in [-0.1, -0.05) is 0 Å². The molecule has 0 aliphatic carbocycles. The van der Waals surface area contributed by atoms with Crippen LogP contribution < -0.4 is 11.4 Å². The molecule has 1 aromatic heterocycles. The zero-order valence-electron chi connectivity index (χ0n) is 7.34. The van der Waals surface area contributed by atoms with Gasteiger partial charge < -0.3 is 10.2 Å². The molecule has 76 valence electrons. The molecule has 7 nitrogen and oxygen atoms in total. The van der Waals surface area contributed by atoms with Gasteiger partial charge in [-0.15, -0.1) is 0 Å². The van der Waals surface area contributed by atoms with E-state index in [1.54, 1.807) is 0 Å². The summed E-state index contributed by atoms with van der Waals surface area (Å²) in [5.41, 5.74) is 4.68. The molecule has 0 aliphatic heterocycles. The largest absolute Gasteiger partial charge is 0.418 e. The van der Waals surface area contributed by atoms with Crippen molar-refractivity contribution in [1.82, 2.24) is 4.98 Å². The second-order valence-corrected chi connectivity index (χ2v) is 2.80. The second kappa shape index (κ2) is 3.05. The smallest absolute Gasteiger partial charge is 0.379 e. The highest BCUT2D eigenvalue weighted by atomic mass is 16.6. The Morgan fingerprint density at radius 3 is 2.87 bits per heavy atom. The monoisotopic (exact) mass is 207 g/mol. The Kier molecular flexibility index (Phi) is 1.86. The van der Waals surface area contributed by atoms with Crippen LogP contribution in [0.1, 0.15) is 0 Å². The summed E-state index contributed by atoms with van der Waals surface area (Å²) in [6.45, 7) is 0. The third-order valence-corrected chi connectivity index (χ3v) is 1.81. The molecule has 1 heterocycles. The number of fused-ring (bicyclic) bond motifs is 1. The van der Waals surface area contributed by atoms with Crippen molar-refractivity contribution in [2.75, 3.05) is 5.73 Å². The average Bonchev–Trinajstić information content (AvgIpc) is 2.19. The quantitative estimate of drug-likeness (QED) is 0.543. The van der Waals surface area contributed by atoms with E-state index in [1.165, 1.54) is 18.2 Å². The fraction of sp³-hybridized carbons (Fsp3) is 0. The zero-order chi connectivity index (χ0) is 11.0. The molecular weight excluding hydrogens is 202 g/mol. The number of nitrogens with zero attached hydrogens (tertiary/aromatic N) is 2. The molecule has 0 amide bonds. The molecule has 7 heteroatoms. The molecule has 0 spiro atoms. The molecule has 0 bridgehead atoms. The molecular formula is C8H5N3O4. The van der Waals surface area contributed by atoms with Crippen molar-refractivity contribution < 1.29 is 9.34 Å². The maximum absolute atomic E-state index is 11.0. The van der Waals surface area contributed by atoms with E-state index < -0.39 is 10.5 Å². The normalized spacial score (nSPS) is 10.4. The molecule has 2 N–H and O–H groups in total. The van der Waals surface area contributed by atoms with E-state index in [-0.39, 0.29) is 22.6 Å². The minimum atomic E-state index is -0.753. The second-order valence-electron chi connectivity index (χ2n) is 2.80. The molecule has 2 aromatic rings. The molecule has 0 aliphatic rings. The summed E-state index contributed by atoms with van der Waals surface area (Å²) in [6.07, 6.45) is 0. The molecule has 15 heavy (non-hydrogen) atoms. The van der Waals surface area contributed by atoms with Crippen LogP contribution in [-0.4, -0.2) is 9.91 Å². The van der Waals surface area contributed by atoms with E-state index >= 15 is 0 Å². The van der Waals surface area contributed by atoms with Crippen LogP contribution in [0.25, 0.3) is 11.1 Å². The van der Waals surface area contributed by atoms with Gasteiger partial charge in [0.1, 0.15) is 5.52 Å². The van der Waals surface area contributed by atoms with Crippen LogP contribution in [0.4, 0.5) is 11.5 Å². The molecule has 2 rings (SSSR count). The lowest BCUT2D eigenvalue weighted by molar-refractivity contribution is -0.384. The van der Waals surface area contributed by atoms with E-state index in [1.807, 2.05) is 0 Å². The molecule has 0 saturated carbocycles. The van der Waals surface area contributed by atoms with Crippen molar-refractivity contribution in [3.05, 3.63) is 38.7 Å².